The van der Waals surface area contributed by atoms with Gasteiger partial charge in [0, 0.05) is 31.7 Å². The zero-order valence-electron chi connectivity index (χ0n) is 26.7. The molecule has 2 aliphatic carbocycles. The lowest BCUT2D eigenvalue weighted by atomic mass is 9.66. The number of alkyl halides is 6. The Hall–Kier alpha value is -4.81. The number of benzene rings is 4. The maximum Gasteiger partial charge on any atom is 0.372 e. The highest BCUT2D eigenvalue weighted by Crippen LogP contribution is 2.74. The summed E-state index contributed by atoms with van der Waals surface area (Å²) in [5, 5.41) is 17.9. The van der Waals surface area contributed by atoms with Crippen molar-refractivity contribution in [1.82, 2.24) is 0 Å². The van der Waals surface area contributed by atoms with Crippen molar-refractivity contribution < 1.29 is 46.1 Å². The molecule has 0 amide bonds. The summed E-state index contributed by atoms with van der Waals surface area (Å²) in [6, 6.07) is 30.2. The second-order valence-corrected chi connectivity index (χ2v) is 15.4. The van der Waals surface area contributed by atoms with Crippen LogP contribution in [0.4, 0.5) is 26.3 Å². The average Bonchev–Trinajstić information content (AvgIpc) is 3.78. The third-order valence-corrected chi connectivity index (χ3v) is 13.4. The van der Waals surface area contributed by atoms with E-state index < -0.39 is 58.1 Å². The summed E-state index contributed by atoms with van der Waals surface area (Å²) >= 11 is 2.17. The third kappa shape index (κ3) is 4.69. The van der Waals surface area contributed by atoms with Crippen molar-refractivity contribution in [1.29, 1.82) is 0 Å². The molecule has 52 heavy (non-hydrogen) atoms. The number of carboxylic acids is 2. The van der Waals surface area contributed by atoms with E-state index in [1.54, 1.807) is 60.7 Å². The number of carbonyl (C=O) groups is 2. The molecule has 4 aromatic carbocycles. The van der Waals surface area contributed by atoms with Crippen LogP contribution in [0.15, 0.2) is 121 Å². The monoisotopic (exact) mass is 748 g/mol. The molecule has 4 nitrogen and oxygen atoms in total. The van der Waals surface area contributed by atoms with Crippen molar-refractivity contribution in [2.24, 2.45) is 11.8 Å². The van der Waals surface area contributed by atoms with E-state index in [0.29, 0.717) is 32.0 Å². The molecule has 2 N–H and O–H groups in total. The van der Waals surface area contributed by atoms with Crippen molar-refractivity contribution in [2.45, 2.75) is 34.4 Å². The van der Waals surface area contributed by atoms with Gasteiger partial charge in [-0.15, -0.1) is 23.1 Å². The van der Waals surface area contributed by atoms with Crippen LogP contribution in [0.5, 0.6) is 0 Å². The standard InChI is InChI=1S/C40H26F6O4S2/c41-38(42)31-27-19-29(21-11-15-23(16-12-21)35(47)48)51-33(27)37(25-7-3-1-4-8-25,26-9-5-2-6-10-26)34-28(32(31)39(43,44)40(38,45)46)20-30(52-34)22-13-17-24(18-14-22)36(49)50/h1-20,27,31-33H,(H,47,48)(H,49,50). The van der Waals surface area contributed by atoms with Gasteiger partial charge in [-0.2, -0.15) is 26.3 Å². The number of fused-ring (bicyclic) bond motifs is 5. The van der Waals surface area contributed by atoms with Crippen molar-refractivity contribution >= 4 is 39.9 Å². The molecule has 12 heteroatoms. The summed E-state index contributed by atoms with van der Waals surface area (Å²) in [4.78, 5) is 24.1. The number of halogens is 6. The normalized spacial score (nSPS) is 24.5. The molecule has 1 aromatic heterocycles. The van der Waals surface area contributed by atoms with Crippen LogP contribution in [0.2, 0.25) is 0 Å². The minimum Gasteiger partial charge on any atom is -0.478 e. The Morgan fingerprint density at radius 2 is 1.13 bits per heavy atom. The van der Waals surface area contributed by atoms with Gasteiger partial charge >= 0.3 is 29.7 Å². The van der Waals surface area contributed by atoms with Gasteiger partial charge in [0.15, 0.2) is 0 Å². The average molecular weight is 749 g/mol. The second-order valence-electron chi connectivity index (χ2n) is 13.2. The van der Waals surface area contributed by atoms with Crippen molar-refractivity contribution in [3.8, 4) is 10.4 Å². The van der Waals surface area contributed by atoms with Gasteiger partial charge < -0.3 is 10.2 Å². The number of hydrogen-bond donors (Lipinski definition) is 2. The highest BCUT2D eigenvalue weighted by Gasteiger charge is 2.87. The Labute approximate surface area is 301 Å². The summed E-state index contributed by atoms with van der Waals surface area (Å²) < 4.78 is 97.2. The zero-order valence-corrected chi connectivity index (χ0v) is 28.3. The highest BCUT2D eigenvalue weighted by atomic mass is 32.2. The fourth-order valence-electron chi connectivity index (χ4n) is 8.19. The lowest BCUT2D eigenvalue weighted by Gasteiger charge is -2.43. The quantitative estimate of drug-likeness (QED) is 0.169. The molecule has 3 aliphatic rings. The number of aromatic carboxylic acids is 2. The first kappa shape index (κ1) is 34.3. The number of hydrogen-bond acceptors (Lipinski definition) is 4. The molecular formula is C40H26F6O4S2. The van der Waals surface area contributed by atoms with Crippen molar-refractivity contribution in [3.63, 3.8) is 0 Å². The molecule has 0 spiro atoms. The predicted octanol–water partition coefficient (Wildman–Crippen LogP) is 10.6. The molecule has 2 heterocycles. The van der Waals surface area contributed by atoms with E-state index in [-0.39, 0.29) is 21.6 Å². The van der Waals surface area contributed by atoms with Crippen LogP contribution < -0.4 is 0 Å². The van der Waals surface area contributed by atoms with Gasteiger partial charge in [0.05, 0.1) is 22.5 Å². The van der Waals surface area contributed by atoms with Gasteiger partial charge in [-0.3, -0.25) is 0 Å². The first-order chi connectivity index (χ1) is 24.7. The lowest BCUT2D eigenvalue weighted by molar-refractivity contribution is -0.279. The molecule has 0 bridgehead atoms. The molecule has 4 unspecified atom stereocenters. The van der Waals surface area contributed by atoms with Crippen molar-refractivity contribution in [2.75, 3.05) is 0 Å². The molecule has 0 radical (unpaired) electrons. The van der Waals surface area contributed by atoms with E-state index in [2.05, 4.69) is 0 Å². The molecule has 1 aliphatic heterocycles. The number of allylic oxidation sites excluding steroid dienone is 1. The van der Waals surface area contributed by atoms with E-state index in [9.17, 15) is 19.8 Å². The molecule has 5 aromatic rings. The minimum absolute atomic E-state index is 0.0294. The summed E-state index contributed by atoms with van der Waals surface area (Å²) in [5.74, 6) is -25.0. The first-order valence-corrected chi connectivity index (χ1v) is 17.9. The van der Waals surface area contributed by atoms with Crippen molar-refractivity contribution in [3.05, 3.63) is 160 Å². The Morgan fingerprint density at radius 3 is 1.63 bits per heavy atom. The number of thioether (sulfide) groups is 1. The summed E-state index contributed by atoms with van der Waals surface area (Å²) in [5.41, 5.74) is 0.176. The fourth-order valence-corrected chi connectivity index (χ4v) is 11.5. The number of thiophene rings is 1. The van der Waals surface area contributed by atoms with E-state index in [4.69, 9.17) is 0 Å². The first-order valence-electron chi connectivity index (χ1n) is 16.2. The van der Waals surface area contributed by atoms with Crippen LogP contribution in [0, 0.1) is 11.8 Å². The maximum absolute atomic E-state index is 16.5. The fraction of sp³-hybridized carbons (Fsp3) is 0.200. The topological polar surface area (TPSA) is 74.6 Å². The molecule has 8 rings (SSSR count). The highest BCUT2D eigenvalue weighted by molar-refractivity contribution is 8.09. The predicted molar refractivity (Wildman–Crippen MR) is 187 cm³/mol. The van der Waals surface area contributed by atoms with Crippen LogP contribution in [0.3, 0.4) is 0 Å². The summed E-state index contributed by atoms with van der Waals surface area (Å²) in [6.45, 7) is 0. The summed E-state index contributed by atoms with van der Waals surface area (Å²) in [7, 11) is 0. The lowest BCUT2D eigenvalue weighted by Crippen LogP contribution is -2.51. The third-order valence-electron chi connectivity index (χ3n) is 10.5. The van der Waals surface area contributed by atoms with E-state index in [0.717, 1.165) is 23.1 Å². The smallest absolute Gasteiger partial charge is 0.372 e. The van der Waals surface area contributed by atoms with E-state index in [1.165, 1.54) is 60.7 Å². The van der Waals surface area contributed by atoms with E-state index >= 15 is 26.3 Å². The van der Waals surface area contributed by atoms with Gasteiger partial charge in [0.25, 0.3) is 0 Å². The Morgan fingerprint density at radius 1 is 0.635 bits per heavy atom. The number of carboxylic acid groups (broad SMARTS) is 2. The molecule has 264 valence electrons. The summed E-state index contributed by atoms with van der Waals surface area (Å²) in [6.07, 6.45) is 1.40. The zero-order chi connectivity index (χ0) is 36.8. The molecule has 4 atom stereocenters. The Bertz CT molecular complexity index is 2200. The second kappa shape index (κ2) is 11.9. The largest absolute Gasteiger partial charge is 0.478 e. The Kier molecular flexibility index (Phi) is 7.82. The van der Waals surface area contributed by atoms with Gasteiger partial charge in [-0.1, -0.05) is 91.0 Å². The molecule has 1 saturated carbocycles. The number of rotatable bonds is 6. The Balaban J connectivity index is 1.47. The minimum atomic E-state index is -5.69. The van der Waals surface area contributed by atoms with Crippen LogP contribution >= 0.6 is 23.1 Å². The van der Waals surface area contributed by atoms with Crippen LogP contribution in [0.25, 0.3) is 15.3 Å². The van der Waals surface area contributed by atoms with Crippen LogP contribution in [-0.4, -0.2) is 45.2 Å². The van der Waals surface area contributed by atoms with Gasteiger partial charge in [0.1, 0.15) is 0 Å². The van der Waals surface area contributed by atoms with Gasteiger partial charge in [-0.05, 0) is 58.1 Å². The van der Waals surface area contributed by atoms with Crippen LogP contribution in [0.1, 0.15) is 53.8 Å². The van der Waals surface area contributed by atoms with E-state index in [1.807, 2.05) is 0 Å². The molecular weight excluding hydrogens is 723 g/mol. The van der Waals surface area contributed by atoms with Gasteiger partial charge in [0.2, 0.25) is 0 Å². The van der Waals surface area contributed by atoms with Crippen LogP contribution in [-0.2, 0) is 5.41 Å². The maximum atomic E-state index is 16.5. The van der Waals surface area contributed by atoms with Gasteiger partial charge in [-0.25, -0.2) is 9.59 Å². The molecule has 1 fully saturated rings. The SMILES string of the molecule is O=C(O)c1ccc(C2=CC3C(S2)C(c2ccccc2)(c2ccccc2)c2sc(-c4ccc(C(=O)O)cc4)cc2C2C3C(F)(F)C(F)(F)C2(F)F)cc1. The molecule has 0 saturated heterocycles.